The standard InChI is InChI=1S/C18H25NO/c1-4-13-11-16(13)14-5-7-15(8-6-14)17(20)19-10-9-18(2,3)12-19/h5-8,13,16H,4,9-12H2,1-3H3/t13-,16-/m0/s1. The van der Waals surface area contributed by atoms with E-state index in [2.05, 4.69) is 32.9 Å². The van der Waals surface area contributed by atoms with Gasteiger partial charge in [-0.3, -0.25) is 4.79 Å². The third-order valence-corrected chi connectivity index (χ3v) is 5.00. The molecular weight excluding hydrogens is 246 g/mol. The maximum atomic E-state index is 12.5. The summed E-state index contributed by atoms with van der Waals surface area (Å²) in [6.45, 7) is 8.52. The number of carbonyl (C=O) groups excluding carboxylic acids is 1. The molecule has 3 rings (SSSR count). The highest BCUT2D eigenvalue weighted by atomic mass is 16.2. The van der Waals surface area contributed by atoms with Crippen LogP contribution in [0.2, 0.25) is 0 Å². The van der Waals surface area contributed by atoms with Gasteiger partial charge in [-0.2, -0.15) is 0 Å². The van der Waals surface area contributed by atoms with Gasteiger partial charge < -0.3 is 4.90 Å². The molecule has 2 aliphatic rings. The van der Waals surface area contributed by atoms with Crippen LogP contribution in [0.5, 0.6) is 0 Å². The van der Waals surface area contributed by atoms with Crippen LogP contribution in [0.25, 0.3) is 0 Å². The molecule has 2 fully saturated rings. The van der Waals surface area contributed by atoms with Crippen LogP contribution in [0.3, 0.4) is 0 Å². The van der Waals surface area contributed by atoms with E-state index in [1.54, 1.807) is 0 Å². The van der Waals surface area contributed by atoms with Gasteiger partial charge >= 0.3 is 0 Å². The Labute approximate surface area is 122 Å². The first kappa shape index (κ1) is 13.7. The second kappa shape index (κ2) is 4.91. The molecule has 1 aromatic rings. The van der Waals surface area contributed by atoms with Crippen LogP contribution in [0, 0.1) is 11.3 Å². The maximum absolute atomic E-state index is 12.5. The number of hydrogen-bond acceptors (Lipinski definition) is 1. The van der Waals surface area contributed by atoms with Crippen molar-refractivity contribution in [3.05, 3.63) is 35.4 Å². The van der Waals surface area contributed by atoms with Crippen LogP contribution in [-0.4, -0.2) is 23.9 Å². The van der Waals surface area contributed by atoms with Crippen molar-refractivity contribution in [1.82, 2.24) is 4.90 Å². The van der Waals surface area contributed by atoms with Gasteiger partial charge in [0.05, 0.1) is 0 Å². The SMILES string of the molecule is CC[C@H]1C[C@@H]1c1ccc(C(=O)N2CCC(C)(C)C2)cc1. The lowest BCUT2D eigenvalue weighted by atomic mass is 9.93. The van der Waals surface area contributed by atoms with Crippen LogP contribution < -0.4 is 0 Å². The van der Waals surface area contributed by atoms with Crippen molar-refractivity contribution in [2.75, 3.05) is 13.1 Å². The van der Waals surface area contributed by atoms with E-state index in [0.717, 1.165) is 36.9 Å². The third-order valence-electron chi connectivity index (χ3n) is 5.00. The van der Waals surface area contributed by atoms with Gasteiger partial charge in [-0.15, -0.1) is 0 Å². The lowest BCUT2D eigenvalue weighted by Crippen LogP contribution is -2.30. The minimum absolute atomic E-state index is 0.199. The number of likely N-dealkylation sites (tertiary alicyclic amines) is 1. The fourth-order valence-electron chi connectivity index (χ4n) is 3.45. The number of benzene rings is 1. The van der Waals surface area contributed by atoms with Crippen molar-refractivity contribution in [3.63, 3.8) is 0 Å². The average molecular weight is 271 g/mol. The Balaban J connectivity index is 1.67. The van der Waals surface area contributed by atoms with Gasteiger partial charge in [-0.25, -0.2) is 0 Å². The van der Waals surface area contributed by atoms with E-state index < -0.39 is 0 Å². The molecule has 108 valence electrons. The number of carbonyl (C=O) groups is 1. The van der Waals surface area contributed by atoms with Crippen molar-refractivity contribution >= 4 is 5.91 Å². The summed E-state index contributed by atoms with van der Waals surface area (Å²) in [6.07, 6.45) is 3.70. The quantitative estimate of drug-likeness (QED) is 0.811. The molecule has 0 spiro atoms. The van der Waals surface area contributed by atoms with Gasteiger partial charge in [-0.05, 0) is 47.8 Å². The minimum Gasteiger partial charge on any atom is -0.338 e. The van der Waals surface area contributed by atoms with E-state index in [1.807, 2.05) is 17.0 Å². The van der Waals surface area contributed by atoms with Crippen molar-refractivity contribution in [1.29, 1.82) is 0 Å². The molecule has 1 aromatic carbocycles. The minimum atomic E-state index is 0.199. The highest BCUT2D eigenvalue weighted by Crippen LogP contribution is 2.49. The number of nitrogens with zero attached hydrogens (tertiary/aromatic N) is 1. The fourth-order valence-corrected chi connectivity index (χ4v) is 3.45. The predicted molar refractivity (Wildman–Crippen MR) is 81.9 cm³/mol. The Bertz CT molecular complexity index is 503. The van der Waals surface area contributed by atoms with Crippen LogP contribution in [0.15, 0.2) is 24.3 Å². The molecule has 1 amide bonds. The first-order chi connectivity index (χ1) is 9.50. The van der Waals surface area contributed by atoms with E-state index >= 15 is 0 Å². The summed E-state index contributed by atoms with van der Waals surface area (Å²) in [5.74, 6) is 1.82. The predicted octanol–water partition coefficient (Wildman–Crippen LogP) is 4.07. The van der Waals surface area contributed by atoms with Crippen molar-refractivity contribution < 1.29 is 4.79 Å². The molecule has 0 aromatic heterocycles. The Morgan fingerprint density at radius 3 is 2.50 bits per heavy atom. The van der Waals surface area contributed by atoms with Gasteiger partial charge in [0, 0.05) is 18.7 Å². The molecule has 2 atom stereocenters. The monoisotopic (exact) mass is 271 g/mol. The van der Waals surface area contributed by atoms with E-state index in [1.165, 1.54) is 18.4 Å². The molecule has 0 unspecified atom stereocenters. The van der Waals surface area contributed by atoms with Crippen LogP contribution >= 0.6 is 0 Å². The Hall–Kier alpha value is -1.31. The molecule has 1 heterocycles. The van der Waals surface area contributed by atoms with Gasteiger partial charge in [-0.1, -0.05) is 39.3 Å². The summed E-state index contributed by atoms with van der Waals surface area (Å²) in [5, 5.41) is 0. The molecule has 2 nitrogen and oxygen atoms in total. The van der Waals surface area contributed by atoms with E-state index in [-0.39, 0.29) is 11.3 Å². The summed E-state index contributed by atoms with van der Waals surface area (Å²) in [5.41, 5.74) is 2.54. The highest BCUT2D eigenvalue weighted by Gasteiger charge is 2.36. The zero-order valence-electron chi connectivity index (χ0n) is 12.9. The average Bonchev–Trinajstić information content (AvgIpc) is 3.14. The zero-order chi connectivity index (χ0) is 14.3. The van der Waals surface area contributed by atoms with Gasteiger partial charge in [0.25, 0.3) is 5.91 Å². The number of amides is 1. The summed E-state index contributed by atoms with van der Waals surface area (Å²) < 4.78 is 0. The summed E-state index contributed by atoms with van der Waals surface area (Å²) in [7, 11) is 0. The zero-order valence-corrected chi connectivity index (χ0v) is 12.9. The third kappa shape index (κ3) is 2.61. The lowest BCUT2D eigenvalue weighted by molar-refractivity contribution is 0.0778. The molecule has 1 saturated carbocycles. The normalized spacial score (nSPS) is 27.6. The van der Waals surface area contributed by atoms with Crippen molar-refractivity contribution in [2.45, 2.75) is 46.0 Å². The second-order valence-corrected chi connectivity index (χ2v) is 7.27. The van der Waals surface area contributed by atoms with E-state index in [9.17, 15) is 4.79 Å². The molecule has 0 bridgehead atoms. The molecule has 0 N–H and O–H groups in total. The lowest BCUT2D eigenvalue weighted by Gasteiger charge is -2.20. The Morgan fingerprint density at radius 1 is 1.30 bits per heavy atom. The number of hydrogen-bond donors (Lipinski definition) is 0. The maximum Gasteiger partial charge on any atom is 0.253 e. The largest absolute Gasteiger partial charge is 0.338 e. The van der Waals surface area contributed by atoms with E-state index in [4.69, 9.17) is 0 Å². The van der Waals surface area contributed by atoms with Crippen LogP contribution in [0.4, 0.5) is 0 Å². The molecule has 20 heavy (non-hydrogen) atoms. The second-order valence-electron chi connectivity index (χ2n) is 7.27. The fraction of sp³-hybridized carbons (Fsp3) is 0.611. The summed E-state index contributed by atoms with van der Waals surface area (Å²) >= 11 is 0. The molecule has 0 radical (unpaired) electrons. The first-order valence-corrected chi connectivity index (χ1v) is 7.89. The van der Waals surface area contributed by atoms with Crippen LogP contribution in [-0.2, 0) is 0 Å². The Kier molecular flexibility index (Phi) is 3.35. The highest BCUT2D eigenvalue weighted by molar-refractivity contribution is 5.94. The number of rotatable bonds is 3. The molecule has 1 aliphatic heterocycles. The van der Waals surface area contributed by atoms with Crippen molar-refractivity contribution in [3.8, 4) is 0 Å². The topological polar surface area (TPSA) is 20.3 Å². The molecule has 2 heteroatoms. The van der Waals surface area contributed by atoms with E-state index in [0.29, 0.717) is 0 Å². The van der Waals surface area contributed by atoms with Crippen LogP contribution in [0.1, 0.15) is 61.9 Å². The summed E-state index contributed by atoms with van der Waals surface area (Å²) in [4.78, 5) is 14.5. The van der Waals surface area contributed by atoms with Crippen molar-refractivity contribution in [2.24, 2.45) is 11.3 Å². The van der Waals surface area contributed by atoms with Gasteiger partial charge in [0.15, 0.2) is 0 Å². The molecular formula is C18H25NO. The van der Waals surface area contributed by atoms with Gasteiger partial charge in [0.1, 0.15) is 0 Å². The molecule has 1 aliphatic carbocycles. The first-order valence-electron chi connectivity index (χ1n) is 7.89. The molecule has 1 saturated heterocycles. The Morgan fingerprint density at radius 2 is 2.00 bits per heavy atom. The smallest absolute Gasteiger partial charge is 0.253 e. The summed E-state index contributed by atoms with van der Waals surface area (Å²) in [6, 6.07) is 8.37. The van der Waals surface area contributed by atoms with Gasteiger partial charge in [0.2, 0.25) is 0 Å².